The summed E-state index contributed by atoms with van der Waals surface area (Å²) in [6, 6.07) is 42.3. The van der Waals surface area contributed by atoms with Crippen molar-refractivity contribution in [2.75, 3.05) is 0 Å². The zero-order valence-corrected chi connectivity index (χ0v) is 16.8. The van der Waals surface area contributed by atoms with E-state index >= 15 is 0 Å². The van der Waals surface area contributed by atoms with Crippen molar-refractivity contribution in [3.8, 4) is 0 Å². The van der Waals surface area contributed by atoms with E-state index in [-0.39, 0.29) is 0 Å². The van der Waals surface area contributed by atoms with Gasteiger partial charge in [-0.2, -0.15) is 0 Å². The Labute approximate surface area is 164 Å². The summed E-state index contributed by atoms with van der Waals surface area (Å²) in [4.78, 5) is 0. The molecular formula is C26H19As. The van der Waals surface area contributed by atoms with E-state index in [9.17, 15) is 0 Å². The van der Waals surface area contributed by atoms with E-state index in [1.165, 1.54) is 34.6 Å². The van der Waals surface area contributed by atoms with Crippen molar-refractivity contribution < 1.29 is 0 Å². The van der Waals surface area contributed by atoms with Gasteiger partial charge in [0.05, 0.1) is 0 Å². The normalized spacial score (nSPS) is 11.3. The van der Waals surface area contributed by atoms with E-state index < -0.39 is 14.7 Å². The number of rotatable bonds is 3. The summed E-state index contributed by atoms with van der Waals surface area (Å²) in [5, 5.41) is 5.34. The van der Waals surface area contributed by atoms with Crippen LogP contribution in [0, 0.1) is 0 Å². The number of hydrogen-bond acceptors (Lipinski definition) is 0. The van der Waals surface area contributed by atoms with Gasteiger partial charge in [0, 0.05) is 0 Å². The van der Waals surface area contributed by atoms with Gasteiger partial charge in [-0.25, -0.2) is 0 Å². The Morgan fingerprint density at radius 2 is 0.926 bits per heavy atom. The van der Waals surface area contributed by atoms with Crippen molar-refractivity contribution in [3.63, 3.8) is 0 Å². The van der Waals surface area contributed by atoms with Gasteiger partial charge in [-0.15, -0.1) is 0 Å². The quantitative estimate of drug-likeness (QED) is 0.306. The number of benzene rings is 5. The maximum absolute atomic E-state index is 2.38. The second-order valence-electron chi connectivity index (χ2n) is 6.70. The van der Waals surface area contributed by atoms with Crippen molar-refractivity contribution in [3.05, 3.63) is 115 Å². The number of fused-ring (bicyclic) bond motifs is 2. The Hall–Kier alpha value is -2.82. The topological polar surface area (TPSA) is 0 Å². The van der Waals surface area contributed by atoms with E-state index in [0.717, 1.165) is 0 Å². The molecular weight excluding hydrogens is 387 g/mol. The van der Waals surface area contributed by atoms with E-state index in [0.29, 0.717) is 0 Å². The van der Waals surface area contributed by atoms with Crippen LogP contribution in [0.5, 0.6) is 0 Å². The average molecular weight is 406 g/mol. The minimum atomic E-state index is -1.63. The molecule has 1 heteroatoms. The first-order valence-corrected chi connectivity index (χ1v) is 12.0. The molecule has 0 fully saturated rings. The van der Waals surface area contributed by atoms with Crippen LogP contribution in [0.15, 0.2) is 115 Å². The molecule has 0 unspecified atom stereocenters. The molecule has 27 heavy (non-hydrogen) atoms. The summed E-state index contributed by atoms with van der Waals surface area (Å²) in [5.74, 6) is 0. The predicted molar refractivity (Wildman–Crippen MR) is 119 cm³/mol. The molecule has 0 spiro atoms. The van der Waals surface area contributed by atoms with Gasteiger partial charge in [0.25, 0.3) is 0 Å². The monoisotopic (exact) mass is 406 g/mol. The van der Waals surface area contributed by atoms with E-state index in [2.05, 4.69) is 115 Å². The second kappa shape index (κ2) is 7.06. The molecule has 0 aliphatic rings. The fourth-order valence-electron chi connectivity index (χ4n) is 3.73. The third-order valence-electron chi connectivity index (χ3n) is 4.99. The van der Waals surface area contributed by atoms with Crippen LogP contribution in [0.3, 0.4) is 0 Å². The SMILES string of the molecule is c1ccc([As](c2ccccc2)c2cccc3cc4ccccc4cc23)cc1. The second-order valence-corrected chi connectivity index (χ2v) is 11.3. The third kappa shape index (κ3) is 3.07. The molecule has 5 rings (SSSR count). The van der Waals surface area contributed by atoms with Crippen molar-refractivity contribution >= 4 is 49.3 Å². The summed E-state index contributed by atoms with van der Waals surface area (Å²) in [6.07, 6.45) is 0. The zero-order valence-electron chi connectivity index (χ0n) is 14.9. The Bertz CT molecular complexity index is 1170. The molecule has 0 atom stereocenters. The molecule has 0 heterocycles. The number of hydrogen-bond donors (Lipinski definition) is 0. The van der Waals surface area contributed by atoms with Gasteiger partial charge < -0.3 is 0 Å². The molecule has 128 valence electrons. The summed E-state index contributed by atoms with van der Waals surface area (Å²) >= 11 is -1.63. The molecule has 0 saturated carbocycles. The van der Waals surface area contributed by atoms with Crippen molar-refractivity contribution in [1.29, 1.82) is 0 Å². The van der Waals surface area contributed by atoms with Crippen LogP contribution in [0.25, 0.3) is 21.5 Å². The van der Waals surface area contributed by atoms with E-state index in [4.69, 9.17) is 0 Å². The van der Waals surface area contributed by atoms with Gasteiger partial charge in [-0.3, -0.25) is 0 Å². The standard InChI is InChI=1S/C26H19As/c1-3-13-23(14-4-1)27(24-15-5-2-6-16-24)26-17-9-12-22-18-20-10-7-8-11-21(20)19-25(22)26/h1-19H. The van der Waals surface area contributed by atoms with Crippen LogP contribution in [0.2, 0.25) is 0 Å². The summed E-state index contributed by atoms with van der Waals surface area (Å²) in [7, 11) is 0. The molecule has 0 amide bonds. The molecule has 0 saturated heterocycles. The minimum absolute atomic E-state index is 1.31. The van der Waals surface area contributed by atoms with Gasteiger partial charge in [-0.1, -0.05) is 0 Å². The van der Waals surface area contributed by atoms with Crippen LogP contribution in [-0.2, 0) is 0 Å². The first-order chi connectivity index (χ1) is 13.4. The van der Waals surface area contributed by atoms with Crippen molar-refractivity contribution in [1.82, 2.24) is 0 Å². The van der Waals surface area contributed by atoms with Gasteiger partial charge in [0.2, 0.25) is 0 Å². The average Bonchev–Trinajstić information content (AvgIpc) is 2.74. The summed E-state index contributed by atoms with van der Waals surface area (Å²) in [6.45, 7) is 0. The Balaban J connectivity index is 1.81. The molecule has 0 radical (unpaired) electrons. The molecule has 5 aromatic rings. The molecule has 0 N–H and O–H groups in total. The van der Waals surface area contributed by atoms with Crippen LogP contribution < -0.4 is 13.1 Å². The van der Waals surface area contributed by atoms with Gasteiger partial charge in [0.1, 0.15) is 0 Å². The Morgan fingerprint density at radius 1 is 0.407 bits per heavy atom. The van der Waals surface area contributed by atoms with Crippen LogP contribution in [0.4, 0.5) is 0 Å². The van der Waals surface area contributed by atoms with Crippen molar-refractivity contribution in [2.45, 2.75) is 0 Å². The van der Waals surface area contributed by atoms with Crippen LogP contribution in [-0.4, -0.2) is 14.7 Å². The molecule has 0 nitrogen and oxygen atoms in total. The van der Waals surface area contributed by atoms with Crippen LogP contribution in [0.1, 0.15) is 0 Å². The Morgan fingerprint density at radius 3 is 1.56 bits per heavy atom. The maximum atomic E-state index is 2.38. The van der Waals surface area contributed by atoms with Gasteiger partial charge >= 0.3 is 165 Å². The fraction of sp³-hybridized carbons (Fsp3) is 0. The summed E-state index contributed by atoms with van der Waals surface area (Å²) in [5.41, 5.74) is 0. The van der Waals surface area contributed by atoms with Crippen LogP contribution >= 0.6 is 0 Å². The Kier molecular flexibility index (Phi) is 4.28. The molecule has 0 bridgehead atoms. The summed E-state index contributed by atoms with van der Waals surface area (Å²) < 4.78 is 4.44. The predicted octanol–water partition coefficient (Wildman–Crippen LogP) is 4.51. The molecule has 0 aromatic heterocycles. The van der Waals surface area contributed by atoms with Crippen molar-refractivity contribution in [2.24, 2.45) is 0 Å². The fourth-order valence-corrected chi connectivity index (χ4v) is 8.90. The molecule has 0 aliphatic heterocycles. The van der Waals surface area contributed by atoms with E-state index in [1.54, 1.807) is 0 Å². The molecule has 0 aliphatic carbocycles. The van der Waals surface area contributed by atoms with Gasteiger partial charge in [-0.05, 0) is 0 Å². The third-order valence-corrected chi connectivity index (χ3v) is 10.2. The van der Waals surface area contributed by atoms with Gasteiger partial charge in [0.15, 0.2) is 0 Å². The van der Waals surface area contributed by atoms with E-state index in [1.807, 2.05) is 0 Å². The first kappa shape index (κ1) is 16.4. The first-order valence-electron chi connectivity index (χ1n) is 9.22. The molecule has 5 aromatic carbocycles. The zero-order chi connectivity index (χ0) is 18.1.